The summed E-state index contributed by atoms with van der Waals surface area (Å²) >= 11 is 0. The zero-order valence-corrected chi connectivity index (χ0v) is 58.5. The molecule has 1 N–H and O–H groups in total. The third-order valence-electron chi connectivity index (χ3n) is 17.1. The summed E-state index contributed by atoms with van der Waals surface area (Å²) in [6.45, 7) is 3.96. The number of esters is 2. The number of aliphatic hydroxyl groups excluding tert-OH is 1. The van der Waals surface area contributed by atoms with Gasteiger partial charge >= 0.3 is 11.9 Å². The van der Waals surface area contributed by atoms with Crippen LogP contribution in [0.1, 0.15) is 386 Å². The van der Waals surface area contributed by atoms with Gasteiger partial charge in [0.05, 0.1) is 6.61 Å². The molecule has 0 heterocycles. The molecule has 0 aromatic carbocycles. The Balaban J connectivity index is 3.40. The molecular formula is C83H146O5. The number of allylic oxidation sites excluding steroid dienone is 18. The van der Waals surface area contributed by atoms with Crippen molar-refractivity contribution >= 4 is 11.9 Å². The highest BCUT2D eigenvalue weighted by molar-refractivity contribution is 5.70. The van der Waals surface area contributed by atoms with Gasteiger partial charge in [-0.1, -0.05) is 386 Å². The van der Waals surface area contributed by atoms with Gasteiger partial charge in [-0.3, -0.25) is 9.59 Å². The SMILES string of the molecule is CC/C=C\C/C=C\C/C=C\C/C=C\C/C=C\CCCCCCCCCCCCCCCCCCCCCCCCCCCC(=O)OC(CO)COC(=O)CCCCCCCCCCCCCCCCCCCCCC/C=C\C/C=C\C/C=C\C/C=C\CC. The quantitative estimate of drug-likeness (QED) is 0.0373. The van der Waals surface area contributed by atoms with Crippen LogP contribution in [0.5, 0.6) is 0 Å². The molecule has 0 fully saturated rings. The highest BCUT2D eigenvalue weighted by atomic mass is 16.6. The van der Waals surface area contributed by atoms with Gasteiger partial charge in [0.25, 0.3) is 0 Å². The number of hydrogen-bond acceptors (Lipinski definition) is 5. The molecule has 0 spiro atoms. The van der Waals surface area contributed by atoms with Crippen LogP contribution in [0.15, 0.2) is 109 Å². The normalized spacial score (nSPS) is 12.8. The number of unbranched alkanes of at least 4 members (excludes halogenated alkanes) is 45. The molecule has 5 nitrogen and oxygen atoms in total. The Morgan fingerprint density at radius 3 is 0.682 bits per heavy atom. The summed E-state index contributed by atoms with van der Waals surface area (Å²) in [6.07, 6.45) is 113. The minimum Gasteiger partial charge on any atom is -0.462 e. The van der Waals surface area contributed by atoms with Crippen molar-refractivity contribution in [2.75, 3.05) is 13.2 Å². The van der Waals surface area contributed by atoms with E-state index in [1.807, 2.05) is 0 Å². The Kier molecular flexibility index (Phi) is 74.8. The molecule has 0 saturated carbocycles. The summed E-state index contributed by atoms with van der Waals surface area (Å²) in [5.41, 5.74) is 0. The lowest BCUT2D eigenvalue weighted by Gasteiger charge is -2.15. The molecule has 0 rings (SSSR count). The lowest BCUT2D eigenvalue weighted by Crippen LogP contribution is -2.28. The van der Waals surface area contributed by atoms with Gasteiger partial charge in [-0.25, -0.2) is 0 Å². The fourth-order valence-electron chi connectivity index (χ4n) is 11.4. The summed E-state index contributed by atoms with van der Waals surface area (Å²) in [7, 11) is 0. The minimum absolute atomic E-state index is 0.0629. The smallest absolute Gasteiger partial charge is 0.306 e. The molecule has 5 heteroatoms. The number of hydrogen-bond donors (Lipinski definition) is 1. The van der Waals surface area contributed by atoms with Crippen LogP contribution < -0.4 is 0 Å². The van der Waals surface area contributed by atoms with E-state index in [1.54, 1.807) is 0 Å². The van der Waals surface area contributed by atoms with Gasteiger partial charge in [0.2, 0.25) is 0 Å². The second-order valence-corrected chi connectivity index (χ2v) is 25.7. The Labute approximate surface area is 548 Å². The van der Waals surface area contributed by atoms with Gasteiger partial charge in [-0.05, 0) is 96.3 Å². The van der Waals surface area contributed by atoms with Gasteiger partial charge in [-0.2, -0.15) is 0 Å². The highest BCUT2D eigenvalue weighted by Gasteiger charge is 2.16. The number of ether oxygens (including phenoxy) is 2. The molecule has 88 heavy (non-hydrogen) atoms. The van der Waals surface area contributed by atoms with E-state index in [2.05, 4.69) is 123 Å². The van der Waals surface area contributed by atoms with Crippen molar-refractivity contribution in [3.63, 3.8) is 0 Å². The van der Waals surface area contributed by atoms with Gasteiger partial charge in [0.15, 0.2) is 6.10 Å². The fourth-order valence-corrected chi connectivity index (χ4v) is 11.4. The summed E-state index contributed by atoms with van der Waals surface area (Å²) < 4.78 is 10.8. The van der Waals surface area contributed by atoms with E-state index < -0.39 is 6.10 Å². The van der Waals surface area contributed by atoms with E-state index in [0.29, 0.717) is 12.8 Å². The Hall–Kier alpha value is -3.44. The first-order chi connectivity index (χ1) is 43.6. The fraction of sp³-hybridized carbons (Fsp3) is 0.759. The lowest BCUT2D eigenvalue weighted by molar-refractivity contribution is -0.161. The predicted molar refractivity (Wildman–Crippen MR) is 389 cm³/mol. The molecule has 0 saturated heterocycles. The van der Waals surface area contributed by atoms with Crippen molar-refractivity contribution in [1.29, 1.82) is 0 Å². The highest BCUT2D eigenvalue weighted by Crippen LogP contribution is 2.19. The van der Waals surface area contributed by atoms with Crippen LogP contribution in [-0.4, -0.2) is 36.4 Å². The van der Waals surface area contributed by atoms with Gasteiger partial charge in [0, 0.05) is 12.8 Å². The predicted octanol–water partition coefficient (Wildman–Crippen LogP) is 27.1. The van der Waals surface area contributed by atoms with Crippen molar-refractivity contribution in [2.45, 2.75) is 392 Å². The first-order valence-corrected chi connectivity index (χ1v) is 38.4. The molecule has 0 aromatic heterocycles. The minimum atomic E-state index is -0.774. The van der Waals surface area contributed by atoms with E-state index >= 15 is 0 Å². The van der Waals surface area contributed by atoms with Crippen LogP contribution in [0.3, 0.4) is 0 Å². The average molecular weight is 1220 g/mol. The van der Waals surface area contributed by atoms with E-state index in [0.717, 1.165) is 96.3 Å². The van der Waals surface area contributed by atoms with E-state index in [9.17, 15) is 14.7 Å². The Morgan fingerprint density at radius 1 is 0.261 bits per heavy atom. The monoisotopic (exact) mass is 1220 g/mol. The third kappa shape index (κ3) is 75.0. The molecule has 0 aliphatic carbocycles. The molecule has 0 amide bonds. The number of carbonyl (C=O) groups is 2. The van der Waals surface area contributed by atoms with Crippen molar-refractivity contribution in [1.82, 2.24) is 0 Å². The van der Waals surface area contributed by atoms with Crippen LogP contribution >= 0.6 is 0 Å². The molecule has 0 aromatic rings. The van der Waals surface area contributed by atoms with Crippen LogP contribution in [0.2, 0.25) is 0 Å². The van der Waals surface area contributed by atoms with Crippen molar-refractivity contribution in [3.8, 4) is 0 Å². The topological polar surface area (TPSA) is 72.8 Å². The Morgan fingerprint density at radius 2 is 0.455 bits per heavy atom. The van der Waals surface area contributed by atoms with E-state index in [1.165, 1.54) is 263 Å². The largest absolute Gasteiger partial charge is 0.462 e. The van der Waals surface area contributed by atoms with Gasteiger partial charge in [-0.15, -0.1) is 0 Å². The van der Waals surface area contributed by atoms with Crippen molar-refractivity contribution in [2.24, 2.45) is 0 Å². The molecule has 1 atom stereocenters. The number of rotatable bonds is 71. The summed E-state index contributed by atoms with van der Waals surface area (Å²) in [4.78, 5) is 24.7. The summed E-state index contributed by atoms with van der Waals surface area (Å²) in [5, 5.41) is 9.72. The number of aliphatic hydroxyl groups is 1. The summed E-state index contributed by atoms with van der Waals surface area (Å²) in [5.74, 6) is -0.571. The maximum Gasteiger partial charge on any atom is 0.306 e. The molecule has 0 aliphatic heterocycles. The zero-order valence-electron chi connectivity index (χ0n) is 58.5. The van der Waals surface area contributed by atoms with Gasteiger partial charge < -0.3 is 14.6 Å². The number of carbonyl (C=O) groups excluding carboxylic acids is 2. The maximum atomic E-state index is 12.4. The second kappa shape index (κ2) is 77.8. The molecular weight excluding hydrogens is 1080 g/mol. The van der Waals surface area contributed by atoms with Crippen LogP contribution in [0.25, 0.3) is 0 Å². The summed E-state index contributed by atoms with van der Waals surface area (Å²) in [6, 6.07) is 0. The van der Waals surface area contributed by atoms with Crippen LogP contribution in [0, 0.1) is 0 Å². The first kappa shape index (κ1) is 84.6. The molecule has 508 valence electrons. The lowest BCUT2D eigenvalue weighted by atomic mass is 10.0. The van der Waals surface area contributed by atoms with Gasteiger partial charge in [0.1, 0.15) is 6.61 Å². The van der Waals surface area contributed by atoms with Crippen LogP contribution in [0.4, 0.5) is 0 Å². The zero-order chi connectivity index (χ0) is 63.3. The second-order valence-electron chi connectivity index (χ2n) is 25.7. The molecule has 0 bridgehead atoms. The van der Waals surface area contributed by atoms with Crippen molar-refractivity contribution < 1.29 is 24.2 Å². The first-order valence-electron chi connectivity index (χ1n) is 38.4. The van der Waals surface area contributed by atoms with E-state index in [-0.39, 0.29) is 25.2 Å². The average Bonchev–Trinajstić information content (AvgIpc) is 3.56. The molecule has 0 aliphatic rings. The molecule has 1 unspecified atom stereocenters. The molecule has 0 radical (unpaired) electrons. The van der Waals surface area contributed by atoms with E-state index in [4.69, 9.17) is 9.47 Å². The standard InChI is InChI=1S/C83H146O5/c1-3-5-7-9-11-13-15-17-19-21-23-25-27-29-31-33-35-37-38-39-40-41-42-43-44-46-48-50-52-54-56-58-60-62-64-66-68-70-72-74-76-78-83(86)88-81(79-84)80-87-82(85)77-75-73-71-69-67-65-63-61-59-57-55-53-51-49-47-45-36-34-32-30-28-26-24-22-20-18-16-14-12-10-8-6-4-2/h5-8,11-14,17-20,23-26,29,31,81,84H,3-4,9-10,15-16,21-22,27-28,30,32-80H2,1-2H3/b7-5-,8-6-,13-11-,14-12-,19-17-,20-18-,25-23-,26-24-,31-29-. The maximum absolute atomic E-state index is 12.4. The third-order valence-corrected chi connectivity index (χ3v) is 17.1. The Bertz CT molecular complexity index is 1670. The van der Waals surface area contributed by atoms with Crippen molar-refractivity contribution in [3.05, 3.63) is 109 Å². The van der Waals surface area contributed by atoms with Crippen LogP contribution in [-0.2, 0) is 19.1 Å².